The highest BCUT2D eigenvalue weighted by molar-refractivity contribution is 6.50. The first-order valence-electron chi connectivity index (χ1n) is 4.19. The third kappa shape index (κ3) is 1.80. The van der Waals surface area contributed by atoms with Gasteiger partial charge in [-0.25, -0.2) is 0 Å². The van der Waals surface area contributed by atoms with Crippen LogP contribution in [0.1, 0.15) is 10.4 Å². The Kier molecular flexibility index (Phi) is 2.37. The van der Waals surface area contributed by atoms with Crippen molar-refractivity contribution in [3.8, 4) is 0 Å². The van der Waals surface area contributed by atoms with E-state index in [4.69, 9.17) is 0 Å². The van der Waals surface area contributed by atoms with Crippen LogP contribution in [0.15, 0.2) is 47.5 Å². The Morgan fingerprint density at radius 1 is 1.27 bits per heavy atom. The molecule has 1 aromatic rings. The van der Waals surface area contributed by atoms with Crippen LogP contribution in [0.3, 0.4) is 0 Å². The van der Waals surface area contributed by atoms with Crippen molar-refractivity contribution in [3.63, 3.8) is 0 Å². The van der Waals surface area contributed by atoms with Crippen molar-refractivity contribution in [3.05, 3.63) is 47.9 Å². The highest BCUT2D eigenvalue weighted by Gasteiger charge is 2.22. The molecule has 0 atom stereocenters. The average molecular weight is 205 g/mol. The lowest BCUT2D eigenvalue weighted by Gasteiger charge is -2.07. The minimum Gasteiger partial charge on any atom is -0.503 e. The second-order valence-corrected chi connectivity index (χ2v) is 2.81. The molecule has 0 radical (unpaired) electrons. The molecule has 1 heterocycles. The minimum atomic E-state index is -0.423. The first kappa shape index (κ1) is 9.26. The number of aliphatic hydroxyl groups is 1. The van der Waals surface area contributed by atoms with Gasteiger partial charge >= 0.3 is 0 Å². The fourth-order valence-electron chi connectivity index (χ4n) is 1.11. The topological polar surface area (TPSA) is 68.1 Å². The summed E-state index contributed by atoms with van der Waals surface area (Å²) in [6.45, 7) is 0. The van der Waals surface area contributed by atoms with Crippen LogP contribution in [-0.2, 0) is 9.88 Å². The predicted molar refractivity (Wildman–Crippen MR) is 51.1 cm³/mol. The predicted octanol–water partition coefficient (Wildman–Crippen LogP) is 1.59. The minimum absolute atomic E-state index is 0.174. The Labute approximate surface area is 85.2 Å². The number of ketones is 1. The van der Waals surface area contributed by atoms with Crippen molar-refractivity contribution >= 4 is 11.5 Å². The van der Waals surface area contributed by atoms with Crippen LogP contribution in [0.4, 0.5) is 0 Å². The zero-order chi connectivity index (χ0) is 10.7. The van der Waals surface area contributed by atoms with Crippen LogP contribution >= 0.6 is 0 Å². The van der Waals surface area contributed by atoms with E-state index in [2.05, 4.69) is 15.0 Å². The maximum atomic E-state index is 11.7. The van der Waals surface area contributed by atoms with Gasteiger partial charge < -0.3 is 5.11 Å². The van der Waals surface area contributed by atoms with Gasteiger partial charge in [-0.15, -0.1) is 0 Å². The number of allylic oxidation sites excluding steroid dienone is 1. The summed E-state index contributed by atoms with van der Waals surface area (Å²) in [5.74, 6) is -0.775. The maximum Gasteiger partial charge on any atom is 0.218 e. The van der Waals surface area contributed by atoms with Crippen molar-refractivity contribution in [1.82, 2.24) is 0 Å². The van der Waals surface area contributed by atoms with E-state index >= 15 is 0 Å². The van der Waals surface area contributed by atoms with Gasteiger partial charge in [0.25, 0.3) is 0 Å². The van der Waals surface area contributed by atoms with E-state index in [1.807, 2.05) is 0 Å². The monoisotopic (exact) mass is 205 g/mol. The van der Waals surface area contributed by atoms with Gasteiger partial charge in [0.05, 0.1) is 0 Å². The molecule has 0 aliphatic carbocycles. The van der Waals surface area contributed by atoms with Crippen LogP contribution in [0.25, 0.3) is 0 Å². The van der Waals surface area contributed by atoms with Crippen molar-refractivity contribution in [2.75, 3.05) is 0 Å². The van der Waals surface area contributed by atoms with Crippen LogP contribution in [0.2, 0.25) is 0 Å². The number of rotatable bonds is 2. The molecular formula is C10H7NO4. The molecule has 1 aliphatic heterocycles. The van der Waals surface area contributed by atoms with Crippen LogP contribution in [0, 0.1) is 0 Å². The average Bonchev–Trinajstić information content (AvgIpc) is 2.30. The Morgan fingerprint density at radius 2 is 2.00 bits per heavy atom. The molecule has 2 rings (SSSR count). The number of benzene rings is 1. The number of aliphatic hydroxyl groups excluding tert-OH is 1. The smallest absolute Gasteiger partial charge is 0.218 e. The van der Waals surface area contributed by atoms with Crippen molar-refractivity contribution in [1.29, 1.82) is 0 Å². The van der Waals surface area contributed by atoms with E-state index in [1.54, 1.807) is 30.3 Å². The van der Waals surface area contributed by atoms with E-state index in [9.17, 15) is 9.90 Å². The molecule has 15 heavy (non-hydrogen) atoms. The number of Topliss-reactive ketones (excluding diaryl/α,β-unsaturated/α-hetero) is 1. The third-order valence-electron chi connectivity index (χ3n) is 1.83. The Balaban J connectivity index is 2.30. The molecule has 0 bridgehead atoms. The number of carbonyl (C=O) groups is 1. The standard InChI is InChI=1S/C10H7NO4/c12-8-6-14-15-11-9(8)10(13)7-4-2-1-3-5-7/h1-6,12H. The first-order valence-corrected chi connectivity index (χ1v) is 4.19. The summed E-state index contributed by atoms with van der Waals surface area (Å²) in [6.07, 6.45) is 0.906. The van der Waals surface area contributed by atoms with Crippen molar-refractivity contribution in [2.24, 2.45) is 5.16 Å². The highest BCUT2D eigenvalue weighted by Crippen LogP contribution is 2.09. The number of hydrogen-bond acceptors (Lipinski definition) is 5. The highest BCUT2D eigenvalue weighted by atomic mass is 17.3. The summed E-state index contributed by atoms with van der Waals surface area (Å²) >= 11 is 0. The van der Waals surface area contributed by atoms with E-state index in [0.29, 0.717) is 5.56 Å². The molecular weight excluding hydrogens is 198 g/mol. The van der Waals surface area contributed by atoms with E-state index in [-0.39, 0.29) is 11.5 Å². The Bertz CT molecular complexity index is 436. The summed E-state index contributed by atoms with van der Waals surface area (Å²) < 4.78 is 0. The molecule has 5 heteroatoms. The molecule has 5 nitrogen and oxygen atoms in total. The van der Waals surface area contributed by atoms with Gasteiger partial charge in [-0.3, -0.25) is 9.68 Å². The lowest BCUT2D eigenvalue weighted by Crippen LogP contribution is -2.19. The van der Waals surface area contributed by atoms with Crippen molar-refractivity contribution < 1.29 is 19.8 Å². The SMILES string of the molecule is O=C(C1=NOOC=C1O)c1ccccc1. The van der Waals surface area contributed by atoms with Gasteiger partial charge in [0.15, 0.2) is 12.0 Å². The molecule has 0 amide bonds. The number of hydrogen-bond donors (Lipinski definition) is 1. The van der Waals surface area contributed by atoms with E-state index in [1.165, 1.54) is 0 Å². The van der Waals surface area contributed by atoms with Gasteiger partial charge in [-0.2, -0.15) is 4.99 Å². The maximum absolute atomic E-state index is 11.7. The summed E-state index contributed by atoms with van der Waals surface area (Å²) in [7, 11) is 0. The molecule has 76 valence electrons. The van der Waals surface area contributed by atoms with Crippen LogP contribution in [-0.4, -0.2) is 16.6 Å². The quantitative estimate of drug-likeness (QED) is 0.588. The zero-order valence-corrected chi connectivity index (χ0v) is 7.58. The molecule has 0 aromatic heterocycles. The number of oxime groups is 1. The van der Waals surface area contributed by atoms with Crippen LogP contribution in [0.5, 0.6) is 0 Å². The lowest BCUT2D eigenvalue weighted by atomic mass is 10.1. The second kappa shape index (κ2) is 3.83. The molecule has 0 saturated carbocycles. The fourth-order valence-corrected chi connectivity index (χ4v) is 1.11. The normalized spacial score (nSPS) is 14.4. The number of carbonyl (C=O) groups excluding carboxylic acids is 1. The molecule has 1 aromatic carbocycles. The number of nitrogens with zero attached hydrogens (tertiary/aromatic N) is 1. The van der Waals surface area contributed by atoms with E-state index in [0.717, 1.165) is 6.26 Å². The molecule has 1 N–H and O–H groups in total. The largest absolute Gasteiger partial charge is 0.503 e. The third-order valence-corrected chi connectivity index (χ3v) is 1.83. The summed E-state index contributed by atoms with van der Waals surface area (Å²) in [5.41, 5.74) is 0.245. The van der Waals surface area contributed by atoms with Gasteiger partial charge in [-0.05, 0) is 5.16 Å². The molecule has 0 spiro atoms. The van der Waals surface area contributed by atoms with Gasteiger partial charge in [0.1, 0.15) is 0 Å². The molecule has 1 aliphatic rings. The Hall–Kier alpha value is -2.30. The van der Waals surface area contributed by atoms with E-state index < -0.39 is 5.78 Å². The molecule has 0 unspecified atom stereocenters. The summed E-state index contributed by atoms with van der Waals surface area (Å²) in [6, 6.07) is 8.46. The fraction of sp³-hybridized carbons (Fsp3) is 0. The Morgan fingerprint density at radius 3 is 2.67 bits per heavy atom. The van der Waals surface area contributed by atoms with Gasteiger partial charge in [0.2, 0.25) is 11.5 Å². The zero-order valence-electron chi connectivity index (χ0n) is 7.58. The van der Waals surface area contributed by atoms with Crippen LogP contribution < -0.4 is 0 Å². The molecule has 0 saturated heterocycles. The van der Waals surface area contributed by atoms with Gasteiger partial charge in [0, 0.05) is 5.56 Å². The van der Waals surface area contributed by atoms with Gasteiger partial charge in [-0.1, -0.05) is 30.3 Å². The first-order chi connectivity index (χ1) is 7.29. The second-order valence-electron chi connectivity index (χ2n) is 2.81. The summed E-state index contributed by atoms with van der Waals surface area (Å²) in [5, 5.41) is 12.6. The van der Waals surface area contributed by atoms with Crippen molar-refractivity contribution in [2.45, 2.75) is 0 Å². The summed E-state index contributed by atoms with van der Waals surface area (Å²) in [4.78, 5) is 20.2. The lowest BCUT2D eigenvalue weighted by molar-refractivity contribution is -0.254. The molecule has 0 fully saturated rings.